The molecule has 5 rings (SSSR count). The predicted octanol–water partition coefficient (Wildman–Crippen LogP) is 4.19. The first-order valence-corrected chi connectivity index (χ1v) is 12.0. The topological polar surface area (TPSA) is 93.9 Å². The third-order valence-corrected chi connectivity index (χ3v) is 7.60. The van der Waals surface area contributed by atoms with Crippen LogP contribution in [0.1, 0.15) is 64.2 Å². The van der Waals surface area contributed by atoms with Gasteiger partial charge in [0.2, 0.25) is 0 Å². The van der Waals surface area contributed by atoms with Crippen molar-refractivity contribution in [2.75, 3.05) is 18.0 Å². The van der Waals surface area contributed by atoms with Gasteiger partial charge in [-0.05, 0) is 60.4 Å². The van der Waals surface area contributed by atoms with Crippen LogP contribution in [0, 0.1) is 5.92 Å². The van der Waals surface area contributed by atoms with Gasteiger partial charge in [-0.15, -0.1) is 0 Å². The normalized spacial score (nSPS) is 22.7. The molecule has 2 aromatic rings. The van der Waals surface area contributed by atoms with Crippen molar-refractivity contribution >= 4 is 40.3 Å². The van der Waals surface area contributed by atoms with Crippen LogP contribution >= 0.6 is 0 Å². The quantitative estimate of drug-likeness (QED) is 0.284. The van der Waals surface area contributed by atoms with Crippen molar-refractivity contribution in [1.82, 2.24) is 0 Å². The van der Waals surface area contributed by atoms with Crippen molar-refractivity contribution in [1.29, 1.82) is 0 Å². The molecule has 7 nitrogen and oxygen atoms in total. The number of carbonyl (C=O) groups is 3. The van der Waals surface area contributed by atoms with Gasteiger partial charge in [0.25, 0.3) is 0 Å². The SMILES string of the molecule is CC1=CC(=O)C(C(=O)C=Cc2cc3cc4c5c(c3oc2=O)C(C)(C)CCN5CCC4(C)C)C(=O)O1. The summed E-state index contributed by atoms with van der Waals surface area (Å²) >= 11 is 0. The molecule has 1 aromatic heterocycles. The molecular weight excluding hydrogens is 446 g/mol. The average Bonchev–Trinajstić information content (AvgIpc) is 2.75. The number of carbonyl (C=O) groups excluding carboxylic acids is 3. The van der Waals surface area contributed by atoms with Gasteiger partial charge < -0.3 is 14.1 Å². The lowest BCUT2D eigenvalue weighted by molar-refractivity contribution is -0.151. The first-order valence-electron chi connectivity index (χ1n) is 12.0. The highest BCUT2D eigenvalue weighted by Crippen LogP contribution is 2.51. The maximum absolute atomic E-state index is 13.0. The Labute approximate surface area is 203 Å². The Morgan fingerprint density at radius 1 is 1.06 bits per heavy atom. The van der Waals surface area contributed by atoms with Crippen LogP contribution in [-0.4, -0.2) is 30.6 Å². The second kappa shape index (κ2) is 7.77. The van der Waals surface area contributed by atoms with Crippen LogP contribution in [0.15, 0.2) is 39.3 Å². The Bertz CT molecular complexity index is 1420. The molecule has 0 amide bonds. The van der Waals surface area contributed by atoms with Gasteiger partial charge in [-0.2, -0.15) is 0 Å². The van der Waals surface area contributed by atoms with E-state index >= 15 is 0 Å². The zero-order valence-electron chi connectivity index (χ0n) is 20.7. The summed E-state index contributed by atoms with van der Waals surface area (Å²) in [6.45, 7) is 12.3. The van der Waals surface area contributed by atoms with E-state index in [-0.39, 0.29) is 22.2 Å². The number of rotatable bonds is 3. The van der Waals surface area contributed by atoms with Crippen molar-refractivity contribution in [3.8, 4) is 0 Å². The molecule has 0 N–H and O–H groups in total. The van der Waals surface area contributed by atoms with Crippen LogP contribution in [-0.2, 0) is 30.0 Å². The number of hydrogen-bond acceptors (Lipinski definition) is 7. The number of fused-ring (bicyclic) bond motifs is 2. The monoisotopic (exact) mass is 475 g/mol. The molecule has 1 unspecified atom stereocenters. The molecule has 7 heteroatoms. The number of allylic oxidation sites excluding steroid dienone is 3. The van der Waals surface area contributed by atoms with E-state index in [0.29, 0.717) is 5.58 Å². The molecule has 0 aliphatic carbocycles. The average molecular weight is 476 g/mol. The summed E-state index contributed by atoms with van der Waals surface area (Å²) in [5.41, 5.74) is 3.47. The molecule has 1 aromatic carbocycles. The van der Waals surface area contributed by atoms with Crippen LogP contribution in [0.4, 0.5) is 5.69 Å². The van der Waals surface area contributed by atoms with E-state index < -0.39 is 29.1 Å². The van der Waals surface area contributed by atoms with Crippen LogP contribution in [0.2, 0.25) is 0 Å². The second-order valence-electron chi connectivity index (χ2n) is 11.1. The summed E-state index contributed by atoms with van der Waals surface area (Å²) in [6, 6.07) is 3.83. The Morgan fingerprint density at radius 3 is 2.43 bits per heavy atom. The number of ether oxygens (including phenoxy) is 1. The van der Waals surface area contributed by atoms with Crippen molar-refractivity contribution in [2.24, 2.45) is 5.92 Å². The summed E-state index contributed by atoms with van der Waals surface area (Å²) in [4.78, 5) is 52.2. The number of cyclic esters (lactones) is 1. The van der Waals surface area contributed by atoms with Crippen LogP contribution in [0.25, 0.3) is 17.0 Å². The van der Waals surface area contributed by atoms with Crippen molar-refractivity contribution < 1.29 is 23.5 Å². The van der Waals surface area contributed by atoms with Gasteiger partial charge >= 0.3 is 11.6 Å². The number of nitrogens with zero attached hydrogens (tertiary/aromatic N) is 1. The fourth-order valence-electron chi connectivity index (χ4n) is 5.45. The van der Waals surface area contributed by atoms with Crippen LogP contribution in [0.5, 0.6) is 0 Å². The largest absolute Gasteiger partial charge is 0.430 e. The van der Waals surface area contributed by atoms with Gasteiger partial charge in [0.05, 0.1) is 5.56 Å². The fraction of sp³-hybridized carbons (Fsp3) is 0.429. The van der Waals surface area contributed by atoms with E-state index in [1.54, 1.807) is 6.07 Å². The number of hydrogen-bond donors (Lipinski definition) is 0. The first-order chi connectivity index (χ1) is 16.4. The van der Waals surface area contributed by atoms with E-state index in [2.05, 4.69) is 38.7 Å². The minimum Gasteiger partial charge on any atom is -0.430 e. The van der Waals surface area contributed by atoms with Gasteiger partial charge in [-0.3, -0.25) is 14.4 Å². The van der Waals surface area contributed by atoms with Gasteiger partial charge in [0.15, 0.2) is 17.5 Å². The second-order valence-corrected chi connectivity index (χ2v) is 11.1. The molecule has 3 aliphatic heterocycles. The third-order valence-electron chi connectivity index (χ3n) is 7.60. The fourth-order valence-corrected chi connectivity index (χ4v) is 5.45. The summed E-state index contributed by atoms with van der Waals surface area (Å²) in [5, 5.41) is 0.794. The number of ketones is 2. The number of esters is 1. The molecule has 0 fully saturated rings. The van der Waals surface area contributed by atoms with E-state index in [0.717, 1.165) is 49.0 Å². The van der Waals surface area contributed by atoms with E-state index in [1.807, 2.05) is 0 Å². The highest BCUT2D eigenvalue weighted by atomic mass is 16.5. The highest BCUT2D eigenvalue weighted by Gasteiger charge is 2.42. The maximum Gasteiger partial charge on any atom is 0.343 e. The third kappa shape index (κ3) is 3.74. The standard InChI is InChI=1S/C28H29NO6/c1-15-12-20(31)21(26(33)34-15)19(30)7-6-16-13-17-14-18-23-22(24(17)35-25(16)32)28(4,5)9-11-29(23)10-8-27(18,2)3/h6-7,12-14,21H,8-11H2,1-5H3. The molecule has 0 saturated carbocycles. The van der Waals surface area contributed by atoms with E-state index in [1.165, 1.54) is 24.3 Å². The Kier molecular flexibility index (Phi) is 5.16. The molecule has 0 saturated heterocycles. The molecule has 0 bridgehead atoms. The van der Waals surface area contributed by atoms with Crippen molar-refractivity contribution in [3.63, 3.8) is 0 Å². The lowest BCUT2D eigenvalue weighted by atomic mass is 9.69. The summed E-state index contributed by atoms with van der Waals surface area (Å²) in [6.07, 6.45) is 5.51. The molecule has 0 radical (unpaired) electrons. The predicted molar refractivity (Wildman–Crippen MR) is 132 cm³/mol. The molecular formula is C28H29NO6. The van der Waals surface area contributed by atoms with Gasteiger partial charge in [-0.1, -0.05) is 27.7 Å². The van der Waals surface area contributed by atoms with E-state index in [9.17, 15) is 19.2 Å². The van der Waals surface area contributed by atoms with Gasteiger partial charge in [0.1, 0.15) is 11.3 Å². The Morgan fingerprint density at radius 2 is 1.74 bits per heavy atom. The smallest absolute Gasteiger partial charge is 0.343 e. The zero-order chi connectivity index (χ0) is 25.3. The lowest BCUT2D eigenvalue weighted by Crippen LogP contribution is -2.44. The highest BCUT2D eigenvalue weighted by molar-refractivity contribution is 6.25. The summed E-state index contributed by atoms with van der Waals surface area (Å²) in [7, 11) is 0. The molecule has 3 aliphatic rings. The summed E-state index contributed by atoms with van der Waals surface area (Å²) < 4.78 is 10.8. The molecule has 0 spiro atoms. The van der Waals surface area contributed by atoms with Gasteiger partial charge in [-0.25, -0.2) is 4.79 Å². The summed E-state index contributed by atoms with van der Waals surface area (Å²) in [5.74, 6) is -3.67. The number of anilines is 1. The lowest BCUT2D eigenvalue weighted by Gasteiger charge is -2.48. The Balaban J connectivity index is 1.61. The Hall–Kier alpha value is -3.48. The molecule has 4 heterocycles. The molecule has 35 heavy (non-hydrogen) atoms. The molecule has 182 valence electrons. The van der Waals surface area contributed by atoms with Crippen molar-refractivity contribution in [3.05, 3.63) is 57.2 Å². The minimum atomic E-state index is -1.55. The first kappa shape index (κ1) is 23.3. The van der Waals surface area contributed by atoms with Crippen LogP contribution < -0.4 is 10.5 Å². The zero-order valence-corrected chi connectivity index (χ0v) is 20.7. The minimum absolute atomic E-state index is 0.0301. The van der Waals surface area contributed by atoms with Crippen LogP contribution in [0.3, 0.4) is 0 Å². The molecule has 1 atom stereocenters. The van der Waals surface area contributed by atoms with E-state index in [4.69, 9.17) is 9.15 Å². The van der Waals surface area contributed by atoms with Crippen molar-refractivity contribution in [2.45, 2.75) is 58.3 Å². The van der Waals surface area contributed by atoms with Gasteiger partial charge in [0, 0.05) is 35.8 Å². The maximum atomic E-state index is 13.0. The number of benzene rings is 1.